The molecule has 0 spiro atoms. The van der Waals surface area contributed by atoms with Crippen LogP contribution in [0.2, 0.25) is 0 Å². The molecule has 0 aliphatic carbocycles. The molecule has 478 valence electrons. The first kappa shape index (κ1) is 79.1. The van der Waals surface area contributed by atoms with Gasteiger partial charge in [-0.2, -0.15) is 0 Å². The highest BCUT2D eigenvalue weighted by Crippen LogP contribution is 2.18. The third kappa shape index (κ3) is 67.9. The smallest absolute Gasteiger partial charge is 0.306 e. The molecule has 0 aromatic rings. The number of hydrogen-bond acceptors (Lipinski definition) is 6. The molecule has 0 heterocycles. The van der Waals surface area contributed by atoms with Crippen LogP contribution in [0, 0.1) is 0 Å². The Kier molecular flexibility index (Phi) is 68.1. The molecule has 0 saturated heterocycles. The van der Waals surface area contributed by atoms with E-state index in [1.165, 1.54) is 257 Å². The first-order chi connectivity index (χ1) is 40.5. The van der Waals surface area contributed by atoms with Gasteiger partial charge in [0.25, 0.3) is 0 Å². The number of allylic oxidation sites excluding steroid dienone is 10. The van der Waals surface area contributed by atoms with E-state index < -0.39 is 6.10 Å². The zero-order chi connectivity index (χ0) is 59.2. The highest BCUT2D eigenvalue weighted by Gasteiger charge is 2.19. The predicted octanol–water partition coefficient (Wildman–Crippen LogP) is 25.1. The van der Waals surface area contributed by atoms with Gasteiger partial charge in [-0.25, -0.2) is 0 Å². The van der Waals surface area contributed by atoms with E-state index >= 15 is 0 Å². The third-order valence-corrected chi connectivity index (χ3v) is 16.3. The molecule has 0 aromatic heterocycles. The van der Waals surface area contributed by atoms with Gasteiger partial charge in [-0.1, -0.05) is 345 Å². The van der Waals surface area contributed by atoms with Gasteiger partial charge in [0.1, 0.15) is 13.2 Å². The van der Waals surface area contributed by atoms with Crippen molar-refractivity contribution in [3.63, 3.8) is 0 Å². The lowest BCUT2D eigenvalue weighted by molar-refractivity contribution is -0.167. The Morgan fingerprint density at radius 3 is 0.756 bits per heavy atom. The van der Waals surface area contributed by atoms with Crippen LogP contribution < -0.4 is 0 Å². The Balaban J connectivity index is 3.99. The van der Waals surface area contributed by atoms with Gasteiger partial charge in [-0.3, -0.25) is 14.4 Å². The van der Waals surface area contributed by atoms with Crippen molar-refractivity contribution in [1.29, 1.82) is 0 Å². The zero-order valence-corrected chi connectivity index (χ0v) is 55.0. The number of hydrogen-bond donors (Lipinski definition) is 0. The minimum atomic E-state index is -0.776. The fourth-order valence-corrected chi connectivity index (χ4v) is 10.8. The van der Waals surface area contributed by atoms with E-state index in [0.717, 1.165) is 89.9 Å². The molecule has 0 aromatic carbocycles. The van der Waals surface area contributed by atoms with E-state index in [1.54, 1.807) is 0 Å². The van der Waals surface area contributed by atoms with Crippen LogP contribution in [-0.4, -0.2) is 37.2 Å². The molecule has 0 amide bonds. The standard InChI is InChI=1S/C76H138O6/c1-4-7-10-13-16-19-21-23-25-27-29-31-32-33-34-35-36-37-38-39-40-41-42-43-44-46-47-49-51-53-55-57-60-63-66-69-75(78)81-72-73(71-80-74(77)68-65-62-59-18-15-12-9-6-3)82-76(79)70-67-64-61-58-56-54-52-50-48-45-30-28-26-24-22-20-17-14-11-8-5-2/h8,11,17,20,24,26-27,29-30,45,73H,4-7,9-10,12-16,18-19,21-23,25,28,31-44,46-72H2,1-3H3/b11-8-,20-17-,26-24-,29-27-,45-30-. The van der Waals surface area contributed by atoms with Crippen LogP contribution in [0.25, 0.3) is 0 Å². The SMILES string of the molecule is CC/C=C\C/C=C\C/C=C\C/C=C\CCCCCCCCCCC(=O)OC(COC(=O)CCCCCCCCCC)COC(=O)CCCCCCCCCCCCCCCCCCCCCCCCC/C=C\CCCCCCCCCC. The Bertz CT molecular complexity index is 1460. The summed E-state index contributed by atoms with van der Waals surface area (Å²) in [6.45, 7) is 6.54. The molecule has 82 heavy (non-hydrogen) atoms. The summed E-state index contributed by atoms with van der Waals surface area (Å²) in [6.07, 6.45) is 91.5. The lowest BCUT2D eigenvalue weighted by atomic mass is 10.0. The highest BCUT2D eigenvalue weighted by atomic mass is 16.6. The van der Waals surface area contributed by atoms with Crippen molar-refractivity contribution in [2.45, 2.75) is 393 Å². The van der Waals surface area contributed by atoms with Crippen molar-refractivity contribution < 1.29 is 28.6 Å². The number of carbonyl (C=O) groups is 3. The van der Waals surface area contributed by atoms with E-state index in [-0.39, 0.29) is 31.1 Å². The summed E-state index contributed by atoms with van der Waals surface area (Å²) in [5.74, 6) is -0.865. The molecule has 0 aliphatic heterocycles. The fraction of sp³-hybridized carbons (Fsp3) is 0.829. The first-order valence-electron chi connectivity index (χ1n) is 36.3. The topological polar surface area (TPSA) is 78.9 Å². The lowest BCUT2D eigenvalue weighted by Crippen LogP contribution is -2.30. The minimum absolute atomic E-state index is 0.0730. The second kappa shape index (κ2) is 70.6. The number of carbonyl (C=O) groups excluding carboxylic acids is 3. The van der Waals surface area contributed by atoms with Crippen molar-refractivity contribution in [3.05, 3.63) is 60.8 Å². The maximum atomic E-state index is 12.9. The maximum Gasteiger partial charge on any atom is 0.306 e. The summed E-state index contributed by atoms with van der Waals surface area (Å²) in [5, 5.41) is 0. The van der Waals surface area contributed by atoms with Gasteiger partial charge in [0.2, 0.25) is 0 Å². The normalized spacial score (nSPS) is 12.4. The molecule has 0 saturated carbocycles. The van der Waals surface area contributed by atoms with Gasteiger partial charge in [0.15, 0.2) is 6.10 Å². The third-order valence-electron chi connectivity index (χ3n) is 16.3. The van der Waals surface area contributed by atoms with Crippen LogP contribution >= 0.6 is 0 Å². The number of rotatable bonds is 67. The molecule has 0 rings (SSSR count). The van der Waals surface area contributed by atoms with E-state index in [1.807, 2.05) is 0 Å². The summed E-state index contributed by atoms with van der Waals surface area (Å²) >= 11 is 0. The van der Waals surface area contributed by atoms with E-state index in [4.69, 9.17) is 14.2 Å². The Morgan fingerprint density at radius 1 is 0.256 bits per heavy atom. The van der Waals surface area contributed by atoms with E-state index in [9.17, 15) is 14.4 Å². The summed E-state index contributed by atoms with van der Waals surface area (Å²) in [6, 6.07) is 0. The molecule has 1 unspecified atom stereocenters. The number of unbranched alkanes of at least 4 members (excludes halogenated alkanes) is 46. The Hall–Kier alpha value is -2.89. The largest absolute Gasteiger partial charge is 0.462 e. The fourth-order valence-electron chi connectivity index (χ4n) is 10.8. The quantitative estimate of drug-likeness (QED) is 0.0261. The lowest BCUT2D eigenvalue weighted by Gasteiger charge is -2.18. The van der Waals surface area contributed by atoms with Gasteiger partial charge in [-0.05, 0) is 83.5 Å². The van der Waals surface area contributed by atoms with E-state index in [0.29, 0.717) is 19.3 Å². The monoisotopic (exact) mass is 1150 g/mol. The molecular weight excluding hydrogens is 1010 g/mol. The number of ether oxygens (including phenoxy) is 3. The second-order valence-corrected chi connectivity index (χ2v) is 24.5. The summed E-state index contributed by atoms with van der Waals surface area (Å²) < 4.78 is 16.9. The zero-order valence-electron chi connectivity index (χ0n) is 55.0. The summed E-state index contributed by atoms with van der Waals surface area (Å²) in [5.41, 5.74) is 0. The van der Waals surface area contributed by atoms with Crippen molar-refractivity contribution in [1.82, 2.24) is 0 Å². The number of esters is 3. The molecule has 1 atom stereocenters. The van der Waals surface area contributed by atoms with Gasteiger partial charge >= 0.3 is 17.9 Å². The van der Waals surface area contributed by atoms with Crippen molar-refractivity contribution >= 4 is 17.9 Å². The molecule has 6 nitrogen and oxygen atoms in total. The molecule has 6 heteroatoms. The van der Waals surface area contributed by atoms with Crippen LogP contribution in [0.5, 0.6) is 0 Å². The predicted molar refractivity (Wildman–Crippen MR) is 358 cm³/mol. The van der Waals surface area contributed by atoms with Crippen LogP contribution in [0.15, 0.2) is 60.8 Å². The van der Waals surface area contributed by atoms with Crippen LogP contribution in [0.3, 0.4) is 0 Å². The second-order valence-electron chi connectivity index (χ2n) is 24.5. The molecule has 0 N–H and O–H groups in total. The maximum absolute atomic E-state index is 12.9. The van der Waals surface area contributed by atoms with Crippen LogP contribution in [-0.2, 0) is 28.6 Å². The highest BCUT2D eigenvalue weighted by molar-refractivity contribution is 5.71. The average molecular weight is 1150 g/mol. The van der Waals surface area contributed by atoms with Crippen LogP contribution in [0.4, 0.5) is 0 Å². The van der Waals surface area contributed by atoms with Crippen LogP contribution in [0.1, 0.15) is 387 Å². The molecule has 0 fully saturated rings. The first-order valence-corrected chi connectivity index (χ1v) is 36.3. The van der Waals surface area contributed by atoms with Gasteiger partial charge in [-0.15, -0.1) is 0 Å². The molecule has 0 aliphatic rings. The van der Waals surface area contributed by atoms with Gasteiger partial charge in [0, 0.05) is 19.3 Å². The molecule has 0 bridgehead atoms. The summed E-state index contributed by atoms with van der Waals surface area (Å²) in [7, 11) is 0. The Labute approximate surface area is 510 Å². The van der Waals surface area contributed by atoms with E-state index in [2.05, 4.69) is 81.5 Å². The minimum Gasteiger partial charge on any atom is -0.462 e. The van der Waals surface area contributed by atoms with Crippen molar-refractivity contribution in [2.24, 2.45) is 0 Å². The molecular formula is C76H138O6. The van der Waals surface area contributed by atoms with Crippen molar-refractivity contribution in [2.75, 3.05) is 13.2 Å². The average Bonchev–Trinajstić information content (AvgIpc) is 3.48. The van der Waals surface area contributed by atoms with Crippen molar-refractivity contribution in [3.8, 4) is 0 Å². The summed E-state index contributed by atoms with van der Waals surface area (Å²) in [4.78, 5) is 38.2. The van der Waals surface area contributed by atoms with Gasteiger partial charge in [0.05, 0.1) is 0 Å². The molecule has 0 radical (unpaired) electrons. The Morgan fingerprint density at radius 2 is 0.476 bits per heavy atom. The van der Waals surface area contributed by atoms with Gasteiger partial charge < -0.3 is 14.2 Å².